The minimum Gasteiger partial charge on any atom is -0.281 e. The molecule has 82 valence electrons. The van der Waals surface area contributed by atoms with Crippen molar-refractivity contribution in [1.29, 1.82) is 0 Å². The van der Waals surface area contributed by atoms with E-state index in [2.05, 4.69) is 14.9 Å². The predicted molar refractivity (Wildman–Crippen MR) is 55.8 cm³/mol. The summed E-state index contributed by atoms with van der Waals surface area (Å²) in [5, 5.41) is 6.32. The molecule has 2 N–H and O–H groups in total. The fourth-order valence-corrected chi connectivity index (χ4v) is 3.01. The van der Waals surface area contributed by atoms with Gasteiger partial charge < -0.3 is 0 Å². The molecule has 6 heteroatoms. The molecule has 1 aliphatic carbocycles. The van der Waals surface area contributed by atoms with E-state index in [9.17, 15) is 8.42 Å². The van der Waals surface area contributed by atoms with Gasteiger partial charge in [0.2, 0.25) is 10.0 Å². The lowest BCUT2D eigenvalue weighted by molar-refractivity contribution is 0.557. The summed E-state index contributed by atoms with van der Waals surface area (Å²) in [5.41, 5.74) is 0.563. The van der Waals surface area contributed by atoms with Crippen LogP contribution in [0.1, 0.15) is 18.5 Å². The van der Waals surface area contributed by atoms with Gasteiger partial charge in [0.25, 0.3) is 0 Å². The molecule has 0 bridgehead atoms. The summed E-state index contributed by atoms with van der Waals surface area (Å²) < 4.78 is 26.4. The topological polar surface area (TPSA) is 74.8 Å². The van der Waals surface area contributed by atoms with Gasteiger partial charge in [0.15, 0.2) is 0 Å². The van der Waals surface area contributed by atoms with E-state index in [1.807, 2.05) is 12.2 Å². The molecule has 5 nitrogen and oxygen atoms in total. The van der Waals surface area contributed by atoms with Crippen molar-refractivity contribution in [2.45, 2.75) is 30.7 Å². The number of nitrogens with one attached hydrogen (secondary N) is 2. The molecule has 0 radical (unpaired) electrons. The summed E-state index contributed by atoms with van der Waals surface area (Å²) in [6.07, 6.45) is 6.82. The standard InChI is InChI=1S/C9H13N3O2S/c1-7-9(6-10-11-7)15(13,14)12-8-4-2-3-5-8/h2-3,6,8,12H,4-5H2,1H3,(H,10,11). The molecule has 2 rings (SSSR count). The fourth-order valence-electron chi connectivity index (χ4n) is 1.61. The van der Waals surface area contributed by atoms with Crippen molar-refractivity contribution >= 4 is 10.0 Å². The maximum absolute atomic E-state index is 11.9. The van der Waals surface area contributed by atoms with Gasteiger partial charge >= 0.3 is 0 Å². The second kappa shape index (κ2) is 3.79. The SMILES string of the molecule is Cc1[nH]ncc1S(=O)(=O)NC1CC=CC1. The number of hydrogen-bond donors (Lipinski definition) is 2. The highest BCUT2D eigenvalue weighted by molar-refractivity contribution is 7.89. The number of sulfonamides is 1. The Labute approximate surface area is 88.6 Å². The Morgan fingerprint density at radius 1 is 1.47 bits per heavy atom. The highest BCUT2D eigenvalue weighted by atomic mass is 32.2. The Bertz CT molecular complexity index is 467. The van der Waals surface area contributed by atoms with Crippen LogP contribution < -0.4 is 4.72 Å². The van der Waals surface area contributed by atoms with E-state index in [-0.39, 0.29) is 10.9 Å². The van der Waals surface area contributed by atoms with Crippen molar-refractivity contribution in [2.75, 3.05) is 0 Å². The first-order valence-corrected chi connectivity index (χ1v) is 6.25. The summed E-state index contributed by atoms with van der Waals surface area (Å²) in [7, 11) is -3.41. The number of hydrogen-bond acceptors (Lipinski definition) is 3. The summed E-state index contributed by atoms with van der Waals surface area (Å²) in [6.45, 7) is 1.69. The van der Waals surface area contributed by atoms with Crippen molar-refractivity contribution in [3.63, 3.8) is 0 Å². The molecule has 1 aromatic heterocycles. The molecule has 0 spiro atoms. The summed E-state index contributed by atoms with van der Waals surface area (Å²) in [5.74, 6) is 0. The molecule has 0 fully saturated rings. The number of aromatic nitrogens is 2. The van der Waals surface area contributed by atoms with Crippen LogP contribution in [0.15, 0.2) is 23.2 Å². The molecule has 0 amide bonds. The molecule has 1 heterocycles. The molecule has 1 aliphatic rings. The molecule has 15 heavy (non-hydrogen) atoms. The van der Waals surface area contributed by atoms with Crippen LogP contribution >= 0.6 is 0 Å². The minimum absolute atomic E-state index is 0.00991. The van der Waals surface area contributed by atoms with Crippen LogP contribution in [0.25, 0.3) is 0 Å². The van der Waals surface area contributed by atoms with E-state index >= 15 is 0 Å². The Kier molecular flexibility index (Phi) is 2.62. The van der Waals surface area contributed by atoms with Gasteiger partial charge in [0.1, 0.15) is 4.90 Å². The Morgan fingerprint density at radius 2 is 2.13 bits per heavy atom. The zero-order valence-electron chi connectivity index (χ0n) is 8.40. The average Bonchev–Trinajstić information content (AvgIpc) is 2.75. The number of rotatable bonds is 3. The molecular formula is C9H13N3O2S. The normalized spacial score (nSPS) is 17.4. The van der Waals surface area contributed by atoms with Gasteiger partial charge in [-0.05, 0) is 19.8 Å². The third-order valence-corrected chi connectivity index (χ3v) is 4.04. The Balaban J connectivity index is 2.17. The zero-order chi connectivity index (χ0) is 10.9. The maximum atomic E-state index is 11.9. The molecule has 0 aliphatic heterocycles. The molecule has 0 saturated heterocycles. The first kappa shape index (κ1) is 10.4. The largest absolute Gasteiger partial charge is 0.281 e. The van der Waals surface area contributed by atoms with Crippen LogP contribution in [0.4, 0.5) is 0 Å². The number of nitrogens with zero attached hydrogens (tertiary/aromatic N) is 1. The number of H-pyrrole nitrogens is 1. The van der Waals surface area contributed by atoms with Crippen LogP contribution in [0.2, 0.25) is 0 Å². The maximum Gasteiger partial charge on any atom is 0.244 e. The Morgan fingerprint density at radius 3 is 2.67 bits per heavy atom. The van der Waals surface area contributed by atoms with Gasteiger partial charge in [-0.1, -0.05) is 12.2 Å². The van der Waals surface area contributed by atoms with Crippen LogP contribution in [-0.2, 0) is 10.0 Å². The minimum atomic E-state index is -3.41. The fraction of sp³-hybridized carbons (Fsp3) is 0.444. The first-order valence-electron chi connectivity index (χ1n) is 4.77. The van der Waals surface area contributed by atoms with Crippen LogP contribution in [0.5, 0.6) is 0 Å². The summed E-state index contributed by atoms with van der Waals surface area (Å²) >= 11 is 0. The molecule has 0 aromatic carbocycles. The van der Waals surface area contributed by atoms with Gasteiger partial charge in [-0.15, -0.1) is 0 Å². The Hall–Kier alpha value is -1.14. The molecule has 0 atom stereocenters. The third kappa shape index (κ3) is 2.10. The molecular weight excluding hydrogens is 214 g/mol. The van der Waals surface area contributed by atoms with Crippen LogP contribution in [0, 0.1) is 6.92 Å². The van der Waals surface area contributed by atoms with E-state index in [0.29, 0.717) is 5.69 Å². The second-order valence-electron chi connectivity index (χ2n) is 3.62. The van der Waals surface area contributed by atoms with Gasteiger partial charge in [-0.2, -0.15) is 5.10 Å². The van der Waals surface area contributed by atoms with Crippen molar-refractivity contribution < 1.29 is 8.42 Å². The van der Waals surface area contributed by atoms with E-state index in [4.69, 9.17) is 0 Å². The third-order valence-electron chi connectivity index (χ3n) is 2.40. The lowest BCUT2D eigenvalue weighted by Crippen LogP contribution is -2.33. The van der Waals surface area contributed by atoms with Crippen molar-refractivity contribution in [1.82, 2.24) is 14.9 Å². The smallest absolute Gasteiger partial charge is 0.244 e. The monoisotopic (exact) mass is 227 g/mol. The average molecular weight is 227 g/mol. The molecule has 0 saturated carbocycles. The van der Waals surface area contributed by atoms with Crippen molar-refractivity contribution in [2.24, 2.45) is 0 Å². The van der Waals surface area contributed by atoms with Crippen molar-refractivity contribution in [3.05, 3.63) is 24.0 Å². The molecule has 1 aromatic rings. The zero-order valence-corrected chi connectivity index (χ0v) is 9.21. The summed E-state index contributed by atoms with van der Waals surface area (Å²) in [4.78, 5) is 0.231. The van der Waals surface area contributed by atoms with Gasteiger partial charge in [-0.3, -0.25) is 5.10 Å². The number of aryl methyl sites for hydroxylation is 1. The van der Waals surface area contributed by atoms with Crippen molar-refractivity contribution in [3.8, 4) is 0 Å². The van der Waals surface area contributed by atoms with E-state index in [1.54, 1.807) is 6.92 Å². The lowest BCUT2D eigenvalue weighted by atomic mass is 10.3. The van der Waals surface area contributed by atoms with Gasteiger partial charge in [-0.25, -0.2) is 13.1 Å². The lowest BCUT2D eigenvalue weighted by Gasteiger charge is -2.11. The first-order chi connectivity index (χ1) is 7.09. The number of aromatic amines is 1. The van der Waals surface area contributed by atoms with Crippen LogP contribution in [0.3, 0.4) is 0 Å². The van der Waals surface area contributed by atoms with E-state index < -0.39 is 10.0 Å². The quantitative estimate of drug-likeness (QED) is 0.747. The van der Waals surface area contributed by atoms with E-state index in [0.717, 1.165) is 12.8 Å². The molecule has 0 unspecified atom stereocenters. The summed E-state index contributed by atoms with van der Waals surface area (Å²) in [6, 6.07) is -0.00991. The van der Waals surface area contributed by atoms with Crippen LogP contribution in [-0.4, -0.2) is 24.7 Å². The second-order valence-corrected chi connectivity index (χ2v) is 5.30. The highest BCUT2D eigenvalue weighted by Crippen LogP contribution is 2.16. The van der Waals surface area contributed by atoms with Gasteiger partial charge in [0.05, 0.1) is 11.9 Å². The van der Waals surface area contributed by atoms with Gasteiger partial charge in [0, 0.05) is 6.04 Å². The van der Waals surface area contributed by atoms with E-state index in [1.165, 1.54) is 6.20 Å². The highest BCUT2D eigenvalue weighted by Gasteiger charge is 2.23. The predicted octanol–water partition coefficient (Wildman–Crippen LogP) is 0.715.